The van der Waals surface area contributed by atoms with Crippen LogP contribution in [0.1, 0.15) is 19.2 Å². The maximum atomic E-state index is 11.6. The summed E-state index contributed by atoms with van der Waals surface area (Å²) in [6, 6.07) is 1.34. The van der Waals surface area contributed by atoms with Crippen molar-refractivity contribution >= 4 is 9.84 Å². The molecule has 2 N–H and O–H groups in total. The molecular formula is C9H15N3O2S. The topological polar surface area (TPSA) is 85.9 Å². The highest BCUT2D eigenvalue weighted by Gasteiger charge is 2.17. The van der Waals surface area contributed by atoms with Crippen LogP contribution in [-0.4, -0.2) is 30.2 Å². The van der Waals surface area contributed by atoms with E-state index in [1.807, 2.05) is 6.92 Å². The van der Waals surface area contributed by atoms with E-state index in [1.54, 1.807) is 6.07 Å². The van der Waals surface area contributed by atoms with Gasteiger partial charge < -0.3 is 5.73 Å². The molecule has 1 aromatic rings. The summed E-state index contributed by atoms with van der Waals surface area (Å²) < 4.78 is 23.2. The summed E-state index contributed by atoms with van der Waals surface area (Å²) >= 11 is 0. The van der Waals surface area contributed by atoms with Crippen molar-refractivity contribution in [3.8, 4) is 0 Å². The Morgan fingerprint density at radius 2 is 2.00 bits per heavy atom. The lowest BCUT2D eigenvalue weighted by Gasteiger charge is -2.08. The highest BCUT2D eigenvalue weighted by atomic mass is 32.2. The molecule has 0 aromatic carbocycles. The first-order valence-corrected chi connectivity index (χ1v) is 6.57. The third kappa shape index (κ3) is 4.35. The molecule has 0 aliphatic heterocycles. The molecule has 0 saturated heterocycles. The zero-order valence-corrected chi connectivity index (χ0v) is 9.44. The van der Waals surface area contributed by atoms with E-state index in [0.29, 0.717) is 12.2 Å². The van der Waals surface area contributed by atoms with Crippen molar-refractivity contribution in [2.75, 3.05) is 5.75 Å². The van der Waals surface area contributed by atoms with Crippen LogP contribution in [0.5, 0.6) is 0 Å². The van der Waals surface area contributed by atoms with Crippen LogP contribution in [0.25, 0.3) is 0 Å². The summed E-state index contributed by atoms with van der Waals surface area (Å²) in [5.41, 5.74) is 5.59. The zero-order valence-electron chi connectivity index (χ0n) is 8.63. The Balaban J connectivity index is 2.65. The molecule has 0 spiro atoms. The van der Waals surface area contributed by atoms with Gasteiger partial charge in [-0.25, -0.2) is 18.4 Å². The van der Waals surface area contributed by atoms with E-state index in [-0.39, 0.29) is 17.5 Å². The van der Waals surface area contributed by atoms with E-state index in [2.05, 4.69) is 9.97 Å². The van der Waals surface area contributed by atoms with E-state index >= 15 is 0 Å². The van der Waals surface area contributed by atoms with Gasteiger partial charge in [-0.05, 0) is 12.5 Å². The summed E-state index contributed by atoms with van der Waals surface area (Å²) in [4.78, 5) is 7.73. The Morgan fingerprint density at radius 1 is 1.40 bits per heavy atom. The monoisotopic (exact) mass is 229 g/mol. The summed E-state index contributed by atoms with van der Waals surface area (Å²) in [6.07, 6.45) is 3.70. The van der Waals surface area contributed by atoms with Gasteiger partial charge in [-0.3, -0.25) is 0 Å². The van der Waals surface area contributed by atoms with Crippen molar-refractivity contribution < 1.29 is 8.42 Å². The van der Waals surface area contributed by atoms with Gasteiger partial charge in [0, 0.05) is 18.4 Å². The highest BCUT2D eigenvalue weighted by Crippen LogP contribution is 2.02. The molecule has 0 fully saturated rings. The Bertz CT molecular complexity index is 391. The van der Waals surface area contributed by atoms with Crippen LogP contribution in [0.4, 0.5) is 0 Å². The van der Waals surface area contributed by atoms with Crippen LogP contribution >= 0.6 is 0 Å². The van der Waals surface area contributed by atoms with Gasteiger partial charge in [-0.1, -0.05) is 6.92 Å². The minimum absolute atomic E-state index is 0.0121. The minimum atomic E-state index is -3.20. The molecule has 5 nitrogen and oxygen atoms in total. The molecule has 15 heavy (non-hydrogen) atoms. The molecule has 0 amide bonds. The van der Waals surface area contributed by atoms with Crippen molar-refractivity contribution in [3.63, 3.8) is 0 Å². The van der Waals surface area contributed by atoms with E-state index in [9.17, 15) is 8.42 Å². The summed E-state index contributed by atoms with van der Waals surface area (Å²) in [7, 11) is -3.20. The summed E-state index contributed by atoms with van der Waals surface area (Å²) in [6.45, 7) is 1.86. The standard InChI is InChI=1S/C9H15N3O2S/c1-2-8(10)6-15(13,14)7-9-11-4-3-5-12-9/h3-5,8H,2,6-7,10H2,1H3. The molecule has 1 aromatic heterocycles. The highest BCUT2D eigenvalue weighted by molar-refractivity contribution is 7.90. The Hall–Kier alpha value is -1.01. The predicted molar refractivity (Wildman–Crippen MR) is 57.8 cm³/mol. The van der Waals surface area contributed by atoms with Gasteiger partial charge in [0.15, 0.2) is 9.84 Å². The van der Waals surface area contributed by atoms with E-state index in [1.165, 1.54) is 12.4 Å². The quantitative estimate of drug-likeness (QED) is 0.775. The van der Waals surface area contributed by atoms with Crippen molar-refractivity contribution in [2.24, 2.45) is 5.73 Å². The minimum Gasteiger partial charge on any atom is -0.327 e. The maximum Gasteiger partial charge on any atom is 0.159 e. The first kappa shape index (κ1) is 12.1. The number of rotatable bonds is 5. The first-order chi connectivity index (χ1) is 7.03. The summed E-state index contributed by atoms with van der Waals surface area (Å²) in [5.74, 6) is 0.171. The second-order valence-corrected chi connectivity index (χ2v) is 5.50. The molecule has 0 aliphatic rings. The van der Waals surface area contributed by atoms with Crippen LogP contribution in [0.2, 0.25) is 0 Å². The second-order valence-electron chi connectivity index (χ2n) is 3.39. The normalized spacial score (nSPS) is 13.7. The molecule has 0 saturated carbocycles. The maximum absolute atomic E-state index is 11.6. The van der Waals surface area contributed by atoms with Crippen LogP contribution in [0.15, 0.2) is 18.5 Å². The van der Waals surface area contributed by atoms with E-state index in [4.69, 9.17) is 5.73 Å². The lowest BCUT2D eigenvalue weighted by molar-refractivity contribution is 0.581. The van der Waals surface area contributed by atoms with Crippen LogP contribution < -0.4 is 5.73 Å². The number of nitrogens with zero attached hydrogens (tertiary/aromatic N) is 2. The third-order valence-electron chi connectivity index (χ3n) is 1.96. The fraction of sp³-hybridized carbons (Fsp3) is 0.556. The zero-order chi connectivity index (χ0) is 11.3. The first-order valence-electron chi connectivity index (χ1n) is 4.75. The molecule has 0 aliphatic carbocycles. The lowest BCUT2D eigenvalue weighted by Crippen LogP contribution is -2.29. The number of hydrogen-bond donors (Lipinski definition) is 1. The molecule has 6 heteroatoms. The second kappa shape index (κ2) is 5.18. The Labute approximate surface area is 89.7 Å². The molecule has 1 heterocycles. The lowest BCUT2D eigenvalue weighted by atomic mass is 10.3. The fourth-order valence-electron chi connectivity index (χ4n) is 1.10. The number of hydrogen-bond acceptors (Lipinski definition) is 5. The SMILES string of the molecule is CCC(N)CS(=O)(=O)Cc1ncccn1. The molecule has 0 bridgehead atoms. The molecule has 1 rings (SSSR count). The van der Waals surface area contributed by atoms with Gasteiger partial charge in [0.05, 0.1) is 5.75 Å². The van der Waals surface area contributed by atoms with Gasteiger partial charge >= 0.3 is 0 Å². The molecule has 0 radical (unpaired) electrons. The van der Waals surface area contributed by atoms with E-state index in [0.717, 1.165) is 0 Å². The average molecular weight is 229 g/mol. The summed E-state index contributed by atoms with van der Waals surface area (Å²) in [5, 5.41) is 0. The largest absolute Gasteiger partial charge is 0.327 e. The average Bonchev–Trinajstić information content (AvgIpc) is 2.17. The molecule has 1 unspecified atom stereocenters. The van der Waals surface area contributed by atoms with Gasteiger partial charge in [-0.15, -0.1) is 0 Å². The third-order valence-corrected chi connectivity index (χ3v) is 3.59. The van der Waals surface area contributed by atoms with Crippen molar-refractivity contribution in [2.45, 2.75) is 25.1 Å². The van der Waals surface area contributed by atoms with Crippen LogP contribution in [0, 0.1) is 0 Å². The predicted octanol–water partition coefficient (Wildman–Crippen LogP) is 0.129. The van der Waals surface area contributed by atoms with Crippen molar-refractivity contribution in [1.82, 2.24) is 9.97 Å². The van der Waals surface area contributed by atoms with Crippen LogP contribution in [0.3, 0.4) is 0 Å². The smallest absolute Gasteiger partial charge is 0.159 e. The molecule has 1 atom stereocenters. The Kier molecular flexibility index (Phi) is 4.16. The number of sulfone groups is 1. The van der Waals surface area contributed by atoms with Crippen molar-refractivity contribution in [1.29, 1.82) is 0 Å². The van der Waals surface area contributed by atoms with Crippen LogP contribution in [-0.2, 0) is 15.6 Å². The number of nitrogens with two attached hydrogens (primary N) is 1. The number of aromatic nitrogens is 2. The van der Waals surface area contributed by atoms with E-state index < -0.39 is 9.84 Å². The van der Waals surface area contributed by atoms with Crippen molar-refractivity contribution in [3.05, 3.63) is 24.3 Å². The molecular weight excluding hydrogens is 214 g/mol. The molecule has 84 valence electrons. The fourth-order valence-corrected chi connectivity index (χ4v) is 2.65. The Morgan fingerprint density at radius 3 is 2.53 bits per heavy atom. The van der Waals surface area contributed by atoms with Gasteiger partial charge in [-0.2, -0.15) is 0 Å². The van der Waals surface area contributed by atoms with Gasteiger partial charge in [0.25, 0.3) is 0 Å². The van der Waals surface area contributed by atoms with Gasteiger partial charge in [0.2, 0.25) is 0 Å². The van der Waals surface area contributed by atoms with Gasteiger partial charge in [0.1, 0.15) is 11.6 Å².